The van der Waals surface area contributed by atoms with Gasteiger partial charge in [0.15, 0.2) is 0 Å². The number of aliphatic hydroxyl groups is 1. The predicted octanol–water partition coefficient (Wildman–Crippen LogP) is 0.0394. The lowest BCUT2D eigenvalue weighted by molar-refractivity contribution is -0.140. The van der Waals surface area contributed by atoms with Crippen molar-refractivity contribution in [3.63, 3.8) is 0 Å². The highest BCUT2D eigenvalue weighted by Gasteiger charge is 2.32. The van der Waals surface area contributed by atoms with Crippen LogP contribution in [0.1, 0.15) is 6.92 Å². The first-order valence-corrected chi connectivity index (χ1v) is 7.99. The Hall–Kier alpha value is -1.51. The maximum atomic E-state index is 13.6. The van der Waals surface area contributed by atoms with Crippen LogP contribution in [0.4, 0.5) is 4.39 Å². The number of sulfonamides is 1. The number of hydrogen-bond acceptors (Lipinski definition) is 4. The van der Waals surface area contributed by atoms with Gasteiger partial charge in [-0.25, -0.2) is 12.8 Å². The lowest BCUT2D eigenvalue weighted by Crippen LogP contribution is -2.52. The van der Waals surface area contributed by atoms with E-state index in [1.807, 2.05) is 0 Å². The van der Waals surface area contributed by atoms with Crippen LogP contribution in [0.3, 0.4) is 0 Å². The molecule has 1 amide bonds. The van der Waals surface area contributed by atoms with E-state index in [1.54, 1.807) is 0 Å². The van der Waals surface area contributed by atoms with Gasteiger partial charge in [0.2, 0.25) is 10.0 Å². The SMILES string of the molecule is C[C@@H](O)C(=O)N1CCN(S(=O)(=O)c2ccccc2F)CC1. The maximum Gasteiger partial charge on any atom is 0.251 e. The minimum absolute atomic E-state index is 0.0785. The van der Waals surface area contributed by atoms with Gasteiger partial charge in [0.1, 0.15) is 16.8 Å². The highest BCUT2D eigenvalue weighted by molar-refractivity contribution is 7.89. The number of piperazine rings is 1. The van der Waals surface area contributed by atoms with E-state index in [2.05, 4.69) is 0 Å². The van der Waals surface area contributed by atoms with Crippen molar-refractivity contribution in [3.8, 4) is 0 Å². The zero-order valence-electron chi connectivity index (χ0n) is 11.6. The van der Waals surface area contributed by atoms with Gasteiger partial charge in [-0.05, 0) is 19.1 Å². The largest absolute Gasteiger partial charge is 0.384 e. The predicted molar refractivity (Wildman–Crippen MR) is 73.4 cm³/mol. The molecule has 1 aliphatic heterocycles. The molecule has 0 saturated carbocycles. The molecule has 0 unspecified atom stereocenters. The zero-order valence-corrected chi connectivity index (χ0v) is 12.4. The normalized spacial score (nSPS) is 18.5. The molecule has 8 heteroatoms. The van der Waals surface area contributed by atoms with Crippen molar-refractivity contribution in [1.29, 1.82) is 0 Å². The first-order valence-electron chi connectivity index (χ1n) is 6.55. The molecule has 0 aromatic heterocycles. The van der Waals surface area contributed by atoms with Gasteiger partial charge < -0.3 is 10.0 Å². The maximum absolute atomic E-state index is 13.6. The third-order valence-corrected chi connectivity index (χ3v) is 5.29. The molecule has 0 spiro atoms. The van der Waals surface area contributed by atoms with Gasteiger partial charge in [-0.15, -0.1) is 0 Å². The van der Waals surface area contributed by atoms with E-state index in [4.69, 9.17) is 0 Å². The summed E-state index contributed by atoms with van der Waals surface area (Å²) in [6, 6.07) is 5.20. The molecule has 0 bridgehead atoms. The molecule has 0 aliphatic carbocycles. The Kier molecular flexibility index (Phi) is 4.60. The summed E-state index contributed by atoms with van der Waals surface area (Å²) in [6.45, 7) is 1.88. The number of halogens is 1. The molecule has 116 valence electrons. The number of carbonyl (C=O) groups is 1. The van der Waals surface area contributed by atoms with Crippen molar-refractivity contribution in [2.45, 2.75) is 17.9 Å². The van der Waals surface area contributed by atoms with Gasteiger partial charge in [0.25, 0.3) is 5.91 Å². The van der Waals surface area contributed by atoms with Crippen LogP contribution in [0, 0.1) is 5.82 Å². The van der Waals surface area contributed by atoms with Crippen LogP contribution < -0.4 is 0 Å². The molecule has 1 N–H and O–H groups in total. The molecule has 6 nitrogen and oxygen atoms in total. The van der Waals surface area contributed by atoms with Gasteiger partial charge >= 0.3 is 0 Å². The highest BCUT2D eigenvalue weighted by atomic mass is 32.2. The molecule has 2 rings (SSSR count). The molecule has 1 atom stereocenters. The highest BCUT2D eigenvalue weighted by Crippen LogP contribution is 2.20. The van der Waals surface area contributed by atoms with Crippen molar-refractivity contribution < 1.29 is 22.7 Å². The standard InChI is InChI=1S/C13H17FN2O4S/c1-10(17)13(18)15-6-8-16(9-7-15)21(19,20)12-5-3-2-4-11(12)14/h2-5,10,17H,6-9H2,1H3/t10-/m1/s1. The molecule has 0 radical (unpaired) electrons. The van der Waals surface area contributed by atoms with Crippen molar-refractivity contribution in [1.82, 2.24) is 9.21 Å². The summed E-state index contributed by atoms with van der Waals surface area (Å²) in [5.41, 5.74) is 0. The summed E-state index contributed by atoms with van der Waals surface area (Å²) >= 11 is 0. The molecule has 1 fully saturated rings. The summed E-state index contributed by atoms with van der Waals surface area (Å²) in [4.78, 5) is 12.7. The van der Waals surface area contributed by atoms with E-state index in [-0.39, 0.29) is 31.1 Å². The Balaban J connectivity index is 2.12. The van der Waals surface area contributed by atoms with Crippen molar-refractivity contribution >= 4 is 15.9 Å². The summed E-state index contributed by atoms with van der Waals surface area (Å²) in [6.07, 6.45) is -1.11. The van der Waals surface area contributed by atoms with Crippen LogP contribution in [-0.4, -0.2) is 60.9 Å². The van der Waals surface area contributed by atoms with Gasteiger partial charge in [-0.2, -0.15) is 4.31 Å². The minimum Gasteiger partial charge on any atom is -0.384 e. The Morgan fingerprint density at radius 1 is 1.24 bits per heavy atom. The van der Waals surface area contributed by atoms with Crippen molar-refractivity contribution in [2.24, 2.45) is 0 Å². The molecule has 21 heavy (non-hydrogen) atoms. The van der Waals surface area contributed by atoms with Gasteiger partial charge in [-0.3, -0.25) is 4.79 Å². The average molecular weight is 316 g/mol. The van der Waals surface area contributed by atoms with Crippen LogP contribution in [0.2, 0.25) is 0 Å². The van der Waals surface area contributed by atoms with Gasteiger partial charge in [0, 0.05) is 26.2 Å². The van der Waals surface area contributed by atoms with Crippen molar-refractivity contribution in [3.05, 3.63) is 30.1 Å². The summed E-state index contributed by atoms with van der Waals surface area (Å²) < 4.78 is 39.5. The number of nitrogens with zero attached hydrogens (tertiary/aromatic N) is 2. The first-order chi connectivity index (χ1) is 9.84. The van der Waals surface area contributed by atoms with Crippen LogP contribution in [0.5, 0.6) is 0 Å². The fraction of sp³-hybridized carbons (Fsp3) is 0.462. The van der Waals surface area contributed by atoms with Crippen LogP contribution in [0.25, 0.3) is 0 Å². The molecule has 1 aromatic carbocycles. The Labute approximate surface area is 122 Å². The van der Waals surface area contributed by atoms with E-state index >= 15 is 0 Å². The first kappa shape index (κ1) is 15.9. The molecule has 1 heterocycles. The Morgan fingerprint density at radius 3 is 2.33 bits per heavy atom. The summed E-state index contributed by atoms with van der Waals surface area (Å²) in [5, 5.41) is 9.24. The topological polar surface area (TPSA) is 77.9 Å². The van der Waals surface area contributed by atoms with Crippen molar-refractivity contribution in [2.75, 3.05) is 26.2 Å². The fourth-order valence-corrected chi connectivity index (χ4v) is 3.69. The van der Waals surface area contributed by atoms with E-state index in [0.29, 0.717) is 0 Å². The number of hydrogen-bond donors (Lipinski definition) is 1. The third kappa shape index (κ3) is 3.22. The number of amides is 1. The second kappa shape index (κ2) is 6.08. The number of aliphatic hydroxyl groups excluding tert-OH is 1. The van der Waals surface area contributed by atoms with Gasteiger partial charge in [-0.1, -0.05) is 12.1 Å². The molecule has 1 aliphatic rings. The molecule has 1 saturated heterocycles. The van der Waals surface area contributed by atoms with E-state index in [0.717, 1.165) is 10.4 Å². The molecule has 1 aromatic rings. The minimum atomic E-state index is -3.90. The fourth-order valence-electron chi connectivity index (χ4n) is 2.21. The van der Waals surface area contributed by atoms with Crippen LogP contribution in [0.15, 0.2) is 29.2 Å². The monoisotopic (exact) mass is 316 g/mol. The average Bonchev–Trinajstić information content (AvgIpc) is 2.46. The Morgan fingerprint density at radius 2 is 1.81 bits per heavy atom. The van der Waals surface area contributed by atoms with Gasteiger partial charge in [0.05, 0.1) is 0 Å². The van der Waals surface area contributed by atoms with E-state index < -0.39 is 27.9 Å². The summed E-state index contributed by atoms with van der Waals surface area (Å²) in [7, 11) is -3.90. The molecular weight excluding hydrogens is 299 g/mol. The smallest absolute Gasteiger partial charge is 0.251 e. The zero-order chi connectivity index (χ0) is 15.6. The van der Waals surface area contributed by atoms with E-state index in [1.165, 1.54) is 30.0 Å². The van der Waals surface area contributed by atoms with E-state index in [9.17, 15) is 22.7 Å². The number of carbonyl (C=O) groups excluding carboxylic acids is 1. The summed E-state index contributed by atoms with van der Waals surface area (Å²) in [5.74, 6) is -1.22. The molecular formula is C13H17FN2O4S. The second-order valence-corrected chi connectivity index (χ2v) is 6.74. The number of benzene rings is 1. The number of rotatable bonds is 3. The Bertz CT molecular complexity index is 625. The van der Waals surface area contributed by atoms with Crippen LogP contribution in [-0.2, 0) is 14.8 Å². The lowest BCUT2D eigenvalue weighted by atomic mass is 10.3. The quantitative estimate of drug-likeness (QED) is 0.854. The second-order valence-electron chi connectivity index (χ2n) is 4.84. The van der Waals surface area contributed by atoms with Crippen LogP contribution >= 0.6 is 0 Å². The lowest BCUT2D eigenvalue weighted by Gasteiger charge is -2.34. The third-order valence-electron chi connectivity index (χ3n) is 3.36.